The first kappa shape index (κ1) is 16.2. The molecule has 6 nitrogen and oxygen atoms in total. The van der Waals surface area contributed by atoms with Crippen LogP contribution in [0.5, 0.6) is 0 Å². The van der Waals surface area contributed by atoms with Crippen LogP contribution < -0.4 is 5.73 Å². The number of hydrogen-bond acceptors (Lipinski definition) is 6. The molecule has 0 aliphatic carbocycles. The van der Waals surface area contributed by atoms with Crippen molar-refractivity contribution in [3.63, 3.8) is 0 Å². The summed E-state index contributed by atoms with van der Waals surface area (Å²) in [6.45, 7) is 7.54. The van der Waals surface area contributed by atoms with Crippen molar-refractivity contribution in [2.45, 2.75) is 38.9 Å². The number of rotatable bonds is 3. The lowest BCUT2D eigenvalue weighted by atomic mass is 9.78. The number of halogens is 1. The van der Waals surface area contributed by atoms with Crippen molar-refractivity contribution in [3.05, 3.63) is 22.5 Å². The SMILES string of the molecule is CC1(C)OB(C(=Cc2ncc(Cl)nc2N)CO)OC1(C)C. The van der Waals surface area contributed by atoms with Gasteiger partial charge in [-0.3, -0.25) is 0 Å². The fourth-order valence-corrected chi connectivity index (χ4v) is 2.00. The molecule has 0 unspecified atom stereocenters. The van der Waals surface area contributed by atoms with Crippen molar-refractivity contribution >= 4 is 30.6 Å². The smallest absolute Gasteiger partial charge is 0.400 e. The van der Waals surface area contributed by atoms with E-state index in [9.17, 15) is 5.11 Å². The van der Waals surface area contributed by atoms with Crippen LogP contribution in [0.3, 0.4) is 0 Å². The van der Waals surface area contributed by atoms with Crippen molar-refractivity contribution in [3.8, 4) is 0 Å². The van der Waals surface area contributed by atoms with Crippen molar-refractivity contribution in [1.82, 2.24) is 9.97 Å². The first-order valence-corrected chi connectivity index (χ1v) is 6.99. The van der Waals surface area contributed by atoms with E-state index in [1.165, 1.54) is 6.20 Å². The molecule has 8 heteroatoms. The monoisotopic (exact) mass is 311 g/mol. The summed E-state index contributed by atoms with van der Waals surface area (Å²) in [4.78, 5) is 8.01. The van der Waals surface area contributed by atoms with Crippen molar-refractivity contribution in [2.24, 2.45) is 0 Å². The second-order valence-electron chi connectivity index (χ2n) is 5.93. The number of nitrogens with two attached hydrogens (primary N) is 1. The zero-order chi connectivity index (χ0) is 15.8. The maximum atomic E-state index is 9.59. The van der Waals surface area contributed by atoms with E-state index in [1.54, 1.807) is 6.08 Å². The maximum Gasteiger partial charge on any atom is 0.492 e. The lowest BCUT2D eigenvalue weighted by Crippen LogP contribution is -2.41. The van der Waals surface area contributed by atoms with Gasteiger partial charge in [-0.2, -0.15) is 0 Å². The third-order valence-corrected chi connectivity index (χ3v) is 4.04. The molecule has 0 bridgehead atoms. The van der Waals surface area contributed by atoms with Crippen LogP contribution in [0.15, 0.2) is 11.7 Å². The summed E-state index contributed by atoms with van der Waals surface area (Å²) in [6.07, 6.45) is 3.00. The first-order valence-electron chi connectivity index (χ1n) is 6.61. The van der Waals surface area contributed by atoms with Crippen molar-refractivity contribution < 1.29 is 14.4 Å². The van der Waals surface area contributed by atoms with Gasteiger partial charge in [0, 0.05) is 0 Å². The highest BCUT2D eigenvalue weighted by Gasteiger charge is 2.52. The number of aliphatic hydroxyl groups is 1. The summed E-state index contributed by atoms with van der Waals surface area (Å²) in [7, 11) is -0.656. The minimum Gasteiger partial charge on any atom is -0.400 e. The Hall–Kier alpha value is -1.15. The van der Waals surface area contributed by atoms with Crippen LogP contribution in [-0.2, 0) is 9.31 Å². The van der Waals surface area contributed by atoms with E-state index in [1.807, 2.05) is 27.7 Å². The highest BCUT2D eigenvalue weighted by molar-refractivity contribution is 6.55. The van der Waals surface area contributed by atoms with E-state index in [0.29, 0.717) is 11.2 Å². The van der Waals surface area contributed by atoms with Gasteiger partial charge >= 0.3 is 7.12 Å². The largest absolute Gasteiger partial charge is 0.492 e. The van der Waals surface area contributed by atoms with Crippen LogP contribution in [-0.4, -0.2) is 40.0 Å². The number of hydrogen-bond donors (Lipinski definition) is 2. The third-order valence-electron chi connectivity index (χ3n) is 3.86. The molecule has 0 atom stereocenters. The maximum absolute atomic E-state index is 9.59. The number of aliphatic hydroxyl groups excluding tert-OH is 1. The lowest BCUT2D eigenvalue weighted by Gasteiger charge is -2.32. The molecule has 1 fully saturated rings. The van der Waals surface area contributed by atoms with Gasteiger partial charge in [-0.25, -0.2) is 9.97 Å². The van der Waals surface area contributed by atoms with Gasteiger partial charge in [-0.15, -0.1) is 0 Å². The quantitative estimate of drug-likeness (QED) is 0.826. The topological polar surface area (TPSA) is 90.5 Å². The van der Waals surface area contributed by atoms with E-state index in [4.69, 9.17) is 26.6 Å². The zero-order valence-corrected chi connectivity index (χ0v) is 13.3. The fourth-order valence-electron chi connectivity index (χ4n) is 1.86. The van der Waals surface area contributed by atoms with Gasteiger partial charge < -0.3 is 20.1 Å². The predicted octanol–water partition coefficient (Wildman–Crippen LogP) is 1.72. The van der Waals surface area contributed by atoms with E-state index in [0.717, 1.165) is 0 Å². The van der Waals surface area contributed by atoms with Crippen LogP contribution in [0.2, 0.25) is 5.15 Å². The van der Waals surface area contributed by atoms with E-state index >= 15 is 0 Å². The summed E-state index contributed by atoms with van der Waals surface area (Å²) in [5.41, 5.74) is 5.74. The van der Waals surface area contributed by atoms with Crippen molar-refractivity contribution in [2.75, 3.05) is 12.3 Å². The Labute approximate surface area is 129 Å². The molecule has 1 saturated heterocycles. The third kappa shape index (κ3) is 3.21. The molecule has 2 rings (SSSR count). The molecule has 0 saturated carbocycles. The molecule has 0 spiro atoms. The molecule has 1 aromatic rings. The average Bonchev–Trinajstić information content (AvgIpc) is 2.57. The second-order valence-corrected chi connectivity index (χ2v) is 6.32. The van der Waals surface area contributed by atoms with Crippen LogP contribution in [0, 0.1) is 0 Å². The molecule has 3 N–H and O–H groups in total. The highest BCUT2D eigenvalue weighted by Crippen LogP contribution is 2.38. The summed E-state index contributed by atoms with van der Waals surface area (Å²) in [6, 6.07) is 0. The minimum atomic E-state index is -0.656. The Morgan fingerprint density at radius 2 is 1.95 bits per heavy atom. The van der Waals surface area contributed by atoms with E-state index in [-0.39, 0.29) is 17.6 Å². The molecular weight excluding hydrogens is 292 g/mol. The molecule has 1 aliphatic heterocycles. The number of nitrogens with zero attached hydrogens (tertiary/aromatic N) is 2. The van der Waals surface area contributed by atoms with Gasteiger partial charge in [0.2, 0.25) is 0 Å². The van der Waals surface area contributed by atoms with Gasteiger partial charge in [0.15, 0.2) is 5.82 Å². The molecule has 0 aromatic carbocycles. The Bertz CT molecular complexity index is 562. The molecule has 1 aromatic heterocycles. The predicted molar refractivity (Wildman–Crippen MR) is 82.6 cm³/mol. The van der Waals surface area contributed by atoms with Gasteiger partial charge in [-0.1, -0.05) is 11.6 Å². The molecule has 0 radical (unpaired) electrons. The van der Waals surface area contributed by atoms with Crippen LogP contribution in [0.25, 0.3) is 6.08 Å². The summed E-state index contributed by atoms with van der Waals surface area (Å²) < 4.78 is 11.8. The Morgan fingerprint density at radius 3 is 2.43 bits per heavy atom. The summed E-state index contributed by atoms with van der Waals surface area (Å²) >= 11 is 5.72. The molecule has 21 heavy (non-hydrogen) atoms. The normalized spacial score (nSPS) is 20.9. The average molecular weight is 312 g/mol. The molecule has 1 aliphatic rings. The Kier molecular flexibility index (Phi) is 4.30. The highest BCUT2D eigenvalue weighted by atomic mass is 35.5. The molecule has 0 amide bonds. The van der Waals surface area contributed by atoms with Crippen LogP contribution in [0.4, 0.5) is 5.82 Å². The van der Waals surface area contributed by atoms with Gasteiger partial charge in [-0.05, 0) is 39.2 Å². The first-order chi connectivity index (χ1) is 9.66. The summed E-state index contributed by atoms with van der Waals surface area (Å²) in [5.74, 6) is 0.185. The molecular formula is C13H19BClN3O3. The van der Waals surface area contributed by atoms with Crippen LogP contribution >= 0.6 is 11.6 Å². The molecule has 114 valence electrons. The Balaban J connectivity index is 2.31. The van der Waals surface area contributed by atoms with Gasteiger partial charge in [0.05, 0.1) is 24.0 Å². The second kappa shape index (κ2) is 5.57. The van der Waals surface area contributed by atoms with Crippen molar-refractivity contribution in [1.29, 1.82) is 0 Å². The standard InChI is InChI=1S/C13H19BClN3O3/c1-12(2)13(3,4)21-14(20-12)8(7-19)5-9-11(16)18-10(15)6-17-9/h5-6,19H,7H2,1-4H3,(H2,16,18). The zero-order valence-electron chi connectivity index (χ0n) is 12.6. The van der Waals surface area contributed by atoms with Gasteiger partial charge in [0.1, 0.15) is 10.8 Å². The number of nitrogen functional groups attached to an aromatic ring is 1. The van der Waals surface area contributed by atoms with Gasteiger partial charge in [0.25, 0.3) is 0 Å². The minimum absolute atomic E-state index is 0.185. The van der Waals surface area contributed by atoms with E-state index < -0.39 is 18.3 Å². The Morgan fingerprint density at radius 1 is 1.38 bits per heavy atom. The number of anilines is 1. The summed E-state index contributed by atoms with van der Waals surface area (Å²) in [5, 5.41) is 9.80. The van der Waals surface area contributed by atoms with Crippen LogP contribution in [0.1, 0.15) is 33.4 Å². The number of aromatic nitrogens is 2. The fraction of sp³-hybridized carbons (Fsp3) is 0.538. The van der Waals surface area contributed by atoms with E-state index in [2.05, 4.69) is 9.97 Å². The lowest BCUT2D eigenvalue weighted by molar-refractivity contribution is 0.00578. The molecule has 2 heterocycles.